The van der Waals surface area contributed by atoms with Crippen LogP contribution in [0.2, 0.25) is 0 Å². The number of carboxylic acids is 1. The van der Waals surface area contributed by atoms with Gasteiger partial charge >= 0.3 is 5.97 Å². The van der Waals surface area contributed by atoms with E-state index in [1.165, 1.54) is 12.4 Å². The molecule has 6 nitrogen and oxygen atoms in total. The standard InChI is InChI=1S/C15H20N4O2S/c1-9(13-18-11(8-22-13)15(2,3)4)19(5)12-7-16-10(6-17-12)14(20)21/h6-9H,1-5H3,(H,20,21). The Morgan fingerprint density at radius 1 is 1.32 bits per heavy atom. The van der Waals surface area contributed by atoms with Gasteiger partial charge in [-0.15, -0.1) is 11.3 Å². The topological polar surface area (TPSA) is 79.2 Å². The minimum atomic E-state index is -1.08. The first kappa shape index (κ1) is 16.4. The first-order valence-corrected chi connectivity index (χ1v) is 7.82. The monoisotopic (exact) mass is 320 g/mol. The highest BCUT2D eigenvalue weighted by atomic mass is 32.1. The van der Waals surface area contributed by atoms with Crippen molar-refractivity contribution in [3.05, 3.63) is 34.2 Å². The first-order valence-electron chi connectivity index (χ1n) is 6.94. The van der Waals surface area contributed by atoms with Crippen molar-refractivity contribution >= 4 is 23.1 Å². The van der Waals surface area contributed by atoms with E-state index in [1.54, 1.807) is 11.3 Å². The van der Waals surface area contributed by atoms with Crippen molar-refractivity contribution in [1.29, 1.82) is 0 Å². The van der Waals surface area contributed by atoms with Crippen LogP contribution < -0.4 is 4.90 Å². The second-order valence-corrected chi connectivity index (χ2v) is 7.06. The minimum Gasteiger partial charge on any atom is -0.476 e. The molecule has 1 N–H and O–H groups in total. The lowest BCUT2D eigenvalue weighted by Crippen LogP contribution is -2.23. The maximum absolute atomic E-state index is 10.8. The summed E-state index contributed by atoms with van der Waals surface area (Å²) in [5, 5.41) is 11.9. The highest BCUT2D eigenvalue weighted by Gasteiger charge is 2.22. The van der Waals surface area contributed by atoms with Gasteiger partial charge in [-0.3, -0.25) is 0 Å². The van der Waals surface area contributed by atoms with E-state index in [0.717, 1.165) is 10.7 Å². The molecule has 2 aromatic heterocycles. The Balaban J connectivity index is 2.19. The quantitative estimate of drug-likeness (QED) is 0.932. The van der Waals surface area contributed by atoms with Gasteiger partial charge < -0.3 is 10.0 Å². The number of anilines is 1. The first-order chi connectivity index (χ1) is 10.2. The van der Waals surface area contributed by atoms with Crippen LogP contribution in [0.5, 0.6) is 0 Å². The highest BCUT2D eigenvalue weighted by molar-refractivity contribution is 7.09. The Labute approximate surface area is 133 Å². The summed E-state index contributed by atoms with van der Waals surface area (Å²) in [7, 11) is 1.90. The van der Waals surface area contributed by atoms with Crippen molar-refractivity contribution < 1.29 is 9.90 Å². The second-order valence-electron chi connectivity index (χ2n) is 6.17. The molecule has 7 heteroatoms. The number of carboxylic acid groups (broad SMARTS) is 1. The molecule has 2 aromatic rings. The molecule has 0 aliphatic rings. The summed E-state index contributed by atoms with van der Waals surface area (Å²) in [6.07, 6.45) is 2.74. The van der Waals surface area contributed by atoms with E-state index in [2.05, 4.69) is 36.1 Å². The maximum Gasteiger partial charge on any atom is 0.356 e. The average molecular weight is 320 g/mol. The van der Waals surface area contributed by atoms with E-state index in [-0.39, 0.29) is 17.2 Å². The van der Waals surface area contributed by atoms with Crippen LogP contribution in [0, 0.1) is 0 Å². The van der Waals surface area contributed by atoms with Gasteiger partial charge in [-0.25, -0.2) is 19.7 Å². The number of carbonyl (C=O) groups is 1. The zero-order valence-corrected chi connectivity index (χ0v) is 14.2. The van der Waals surface area contributed by atoms with Crippen molar-refractivity contribution in [2.24, 2.45) is 0 Å². The van der Waals surface area contributed by atoms with Crippen molar-refractivity contribution in [1.82, 2.24) is 15.0 Å². The van der Waals surface area contributed by atoms with Crippen LogP contribution in [0.3, 0.4) is 0 Å². The van der Waals surface area contributed by atoms with Crippen LogP contribution in [0.1, 0.15) is 54.9 Å². The van der Waals surface area contributed by atoms with Gasteiger partial charge in [0.15, 0.2) is 5.69 Å². The molecule has 22 heavy (non-hydrogen) atoms. The lowest BCUT2D eigenvalue weighted by atomic mass is 9.93. The van der Waals surface area contributed by atoms with Crippen molar-refractivity contribution in [3.63, 3.8) is 0 Å². The van der Waals surface area contributed by atoms with Crippen LogP contribution in [0.25, 0.3) is 0 Å². The lowest BCUT2D eigenvalue weighted by Gasteiger charge is -2.24. The Bertz CT molecular complexity index is 661. The Morgan fingerprint density at radius 2 is 2.00 bits per heavy atom. The molecule has 1 atom stereocenters. The maximum atomic E-state index is 10.8. The molecule has 2 rings (SSSR count). The number of thiazole rings is 1. The second kappa shape index (κ2) is 6.00. The molecule has 1 unspecified atom stereocenters. The largest absolute Gasteiger partial charge is 0.476 e. The van der Waals surface area contributed by atoms with Gasteiger partial charge in [0.25, 0.3) is 0 Å². The van der Waals surface area contributed by atoms with Gasteiger partial charge in [0.05, 0.1) is 24.1 Å². The molecule has 0 aliphatic carbocycles. The predicted octanol–water partition coefficient (Wildman–Crippen LogP) is 3.13. The average Bonchev–Trinajstić information content (AvgIpc) is 2.95. The molecule has 0 spiro atoms. The highest BCUT2D eigenvalue weighted by Crippen LogP contribution is 2.30. The van der Waals surface area contributed by atoms with E-state index in [0.29, 0.717) is 5.82 Å². The van der Waals surface area contributed by atoms with Gasteiger partial charge in [-0.2, -0.15) is 0 Å². The summed E-state index contributed by atoms with van der Waals surface area (Å²) >= 11 is 1.62. The molecule has 0 bridgehead atoms. The predicted molar refractivity (Wildman–Crippen MR) is 86.6 cm³/mol. The number of aromatic nitrogens is 3. The zero-order chi connectivity index (χ0) is 16.5. The summed E-state index contributed by atoms with van der Waals surface area (Å²) in [4.78, 5) is 25.5. The third-order valence-electron chi connectivity index (χ3n) is 3.45. The van der Waals surface area contributed by atoms with Crippen LogP contribution in [-0.2, 0) is 5.41 Å². The summed E-state index contributed by atoms with van der Waals surface area (Å²) in [6.45, 7) is 8.45. The number of hydrogen-bond acceptors (Lipinski definition) is 6. The number of aromatic carboxylic acids is 1. The van der Waals surface area contributed by atoms with Crippen molar-refractivity contribution in [2.45, 2.75) is 39.2 Å². The fourth-order valence-electron chi connectivity index (χ4n) is 1.80. The Morgan fingerprint density at radius 3 is 2.45 bits per heavy atom. The molecule has 0 aromatic carbocycles. The van der Waals surface area contributed by atoms with Gasteiger partial charge in [-0.05, 0) is 6.92 Å². The van der Waals surface area contributed by atoms with E-state index in [1.807, 2.05) is 18.9 Å². The van der Waals surface area contributed by atoms with Crippen molar-refractivity contribution in [2.75, 3.05) is 11.9 Å². The summed E-state index contributed by atoms with van der Waals surface area (Å²) < 4.78 is 0. The number of rotatable bonds is 4. The lowest BCUT2D eigenvalue weighted by molar-refractivity contribution is 0.0690. The summed E-state index contributed by atoms with van der Waals surface area (Å²) in [5.74, 6) is -0.463. The zero-order valence-electron chi connectivity index (χ0n) is 13.4. The van der Waals surface area contributed by atoms with Gasteiger partial charge in [0, 0.05) is 17.8 Å². The van der Waals surface area contributed by atoms with E-state index >= 15 is 0 Å². The van der Waals surface area contributed by atoms with Gasteiger partial charge in [-0.1, -0.05) is 20.8 Å². The molecule has 0 amide bonds. The fourth-order valence-corrected chi connectivity index (χ4v) is 2.95. The minimum absolute atomic E-state index is 0.0238. The summed E-state index contributed by atoms with van der Waals surface area (Å²) in [5.41, 5.74) is 1.03. The molecule has 2 heterocycles. The van der Waals surface area contributed by atoms with Crippen LogP contribution >= 0.6 is 11.3 Å². The number of hydrogen-bond donors (Lipinski definition) is 1. The van der Waals surface area contributed by atoms with Crippen LogP contribution in [0.15, 0.2) is 17.8 Å². The molecular formula is C15H20N4O2S. The Hall–Kier alpha value is -2.02. The van der Waals surface area contributed by atoms with E-state index in [4.69, 9.17) is 10.1 Å². The molecule has 0 radical (unpaired) electrons. The van der Waals surface area contributed by atoms with E-state index < -0.39 is 5.97 Å². The van der Waals surface area contributed by atoms with Gasteiger partial charge in [0.2, 0.25) is 0 Å². The molecule has 0 saturated carbocycles. The van der Waals surface area contributed by atoms with Crippen LogP contribution in [0.4, 0.5) is 5.82 Å². The summed E-state index contributed by atoms with van der Waals surface area (Å²) in [6, 6.07) is 0.0334. The molecular weight excluding hydrogens is 300 g/mol. The van der Waals surface area contributed by atoms with E-state index in [9.17, 15) is 4.79 Å². The normalized spacial score (nSPS) is 13.0. The van der Waals surface area contributed by atoms with Crippen molar-refractivity contribution in [3.8, 4) is 0 Å². The third kappa shape index (κ3) is 3.41. The third-order valence-corrected chi connectivity index (χ3v) is 4.46. The molecule has 118 valence electrons. The van der Waals surface area contributed by atoms with Crippen LogP contribution in [-0.4, -0.2) is 33.1 Å². The molecule has 0 saturated heterocycles. The number of nitrogens with zero attached hydrogens (tertiary/aromatic N) is 4. The molecule has 0 aliphatic heterocycles. The van der Waals surface area contributed by atoms with Gasteiger partial charge in [0.1, 0.15) is 10.8 Å². The molecule has 0 fully saturated rings. The Kier molecular flexibility index (Phi) is 4.46. The smallest absolute Gasteiger partial charge is 0.356 e. The fraction of sp³-hybridized carbons (Fsp3) is 0.467. The SMILES string of the molecule is CC(c1nc(C(C)(C)C)cs1)N(C)c1cnc(C(=O)O)cn1.